The molecule has 0 atom stereocenters. The lowest BCUT2D eigenvalue weighted by Crippen LogP contribution is -2.34. The van der Waals surface area contributed by atoms with Crippen LogP contribution in [-0.2, 0) is 11.2 Å². The smallest absolute Gasteiger partial charge is 0.257 e. The Balaban J connectivity index is 1.92. The fraction of sp³-hybridized carbons (Fsp3) is 0.348. The second kappa shape index (κ2) is 11.3. The van der Waals surface area contributed by atoms with Crippen molar-refractivity contribution in [2.75, 3.05) is 26.0 Å². The number of anilines is 1. The van der Waals surface area contributed by atoms with Gasteiger partial charge in [-0.05, 0) is 60.5 Å². The molecule has 0 heterocycles. The molecular weight excluding hydrogens is 398 g/mol. The summed E-state index contributed by atoms with van der Waals surface area (Å²) in [4.78, 5) is 25.9. The number of amides is 2. The minimum Gasteiger partial charge on any atom is -0.493 e. The van der Waals surface area contributed by atoms with Crippen molar-refractivity contribution in [3.8, 4) is 5.75 Å². The number of rotatable bonds is 8. The molecule has 0 aliphatic rings. The number of carbonyl (C=O) groups excluding carboxylic acids is 2. The minimum absolute atomic E-state index is 0.0794. The number of benzene rings is 2. The number of nitrogens with one attached hydrogen (secondary N) is 2. The summed E-state index contributed by atoms with van der Waals surface area (Å²) < 4.78 is 5.67. The quantitative estimate of drug-likeness (QED) is 0.626. The van der Waals surface area contributed by atoms with Crippen LogP contribution < -0.4 is 15.4 Å². The van der Waals surface area contributed by atoms with Crippen molar-refractivity contribution in [3.63, 3.8) is 0 Å². The molecule has 0 radical (unpaired) electrons. The number of carbonyl (C=O) groups is 2. The molecule has 0 fully saturated rings. The zero-order valence-electron chi connectivity index (χ0n) is 17.9. The summed E-state index contributed by atoms with van der Waals surface area (Å²) in [7, 11) is 3.49. The number of ether oxygens (including phenoxy) is 1. The monoisotopic (exact) mass is 427 g/mol. The molecule has 2 amide bonds. The number of thiocarbonyl (C=S) groups is 1. The van der Waals surface area contributed by atoms with E-state index < -0.39 is 0 Å². The molecule has 0 aliphatic heterocycles. The van der Waals surface area contributed by atoms with Crippen molar-refractivity contribution in [3.05, 3.63) is 59.7 Å². The van der Waals surface area contributed by atoms with Crippen molar-refractivity contribution >= 4 is 34.8 Å². The number of nitrogens with zero attached hydrogens (tertiary/aromatic N) is 1. The van der Waals surface area contributed by atoms with Gasteiger partial charge in [-0.15, -0.1) is 0 Å². The molecule has 0 spiro atoms. The van der Waals surface area contributed by atoms with E-state index in [9.17, 15) is 9.59 Å². The molecule has 0 aromatic heterocycles. The zero-order chi connectivity index (χ0) is 22.1. The van der Waals surface area contributed by atoms with E-state index in [-0.39, 0.29) is 16.9 Å². The maximum absolute atomic E-state index is 12.5. The van der Waals surface area contributed by atoms with E-state index in [2.05, 4.69) is 24.5 Å². The van der Waals surface area contributed by atoms with E-state index in [0.29, 0.717) is 36.7 Å². The van der Waals surface area contributed by atoms with E-state index in [1.807, 2.05) is 30.3 Å². The van der Waals surface area contributed by atoms with Gasteiger partial charge < -0.3 is 15.0 Å². The van der Waals surface area contributed by atoms with E-state index in [1.54, 1.807) is 37.2 Å². The van der Waals surface area contributed by atoms with Gasteiger partial charge in [0.05, 0.1) is 6.61 Å². The Morgan fingerprint density at radius 3 is 2.53 bits per heavy atom. The molecular formula is C23H29N3O3S. The second-order valence-electron chi connectivity index (χ2n) is 7.63. The Labute approximate surface area is 183 Å². The summed E-state index contributed by atoms with van der Waals surface area (Å²) in [5, 5.41) is 5.91. The molecule has 0 saturated heterocycles. The van der Waals surface area contributed by atoms with Crippen LogP contribution in [0, 0.1) is 5.92 Å². The van der Waals surface area contributed by atoms with Gasteiger partial charge in [0, 0.05) is 31.8 Å². The number of aryl methyl sites for hydroxylation is 1. The normalized spacial score (nSPS) is 10.4. The average Bonchev–Trinajstić information content (AvgIpc) is 2.70. The molecule has 30 heavy (non-hydrogen) atoms. The van der Waals surface area contributed by atoms with Gasteiger partial charge in [-0.2, -0.15) is 0 Å². The molecule has 2 aromatic rings. The van der Waals surface area contributed by atoms with Crippen molar-refractivity contribution in [2.24, 2.45) is 5.92 Å². The van der Waals surface area contributed by atoms with Crippen LogP contribution in [0.15, 0.2) is 48.5 Å². The highest BCUT2D eigenvalue weighted by Gasteiger charge is 2.10. The van der Waals surface area contributed by atoms with Gasteiger partial charge in [-0.25, -0.2) is 0 Å². The van der Waals surface area contributed by atoms with Crippen LogP contribution in [0.2, 0.25) is 0 Å². The molecule has 7 heteroatoms. The summed E-state index contributed by atoms with van der Waals surface area (Å²) >= 11 is 5.28. The van der Waals surface area contributed by atoms with E-state index >= 15 is 0 Å². The van der Waals surface area contributed by atoms with Crippen molar-refractivity contribution in [1.82, 2.24) is 10.2 Å². The highest BCUT2D eigenvalue weighted by Crippen LogP contribution is 2.15. The van der Waals surface area contributed by atoms with Crippen LogP contribution >= 0.6 is 12.2 Å². The molecule has 0 unspecified atom stereocenters. The van der Waals surface area contributed by atoms with Crippen molar-refractivity contribution < 1.29 is 14.3 Å². The zero-order valence-corrected chi connectivity index (χ0v) is 18.7. The average molecular weight is 428 g/mol. The molecule has 2 rings (SSSR count). The highest BCUT2D eigenvalue weighted by atomic mass is 32.1. The van der Waals surface area contributed by atoms with E-state index in [0.717, 1.165) is 11.3 Å². The van der Waals surface area contributed by atoms with Crippen LogP contribution in [0.25, 0.3) is 0 Å². The lowest BCUT2D eigenvalue weighted by Gasteiger charge is -2.13. The van der Waals surface area contributed by atoms with Gasteiger partial charge >= 0.3 is 0 Å². The highest BCUT2D eigenvalue weighted by molar-refractivity contribution is 7.80. The first kappa shape index (κ1) is 23.3. The predicted octanol–water partition coefficient (Wildman–Crippen LogP) is 3.87. The Morgan fingerprint density at radius 1 is 1.10 bits per heavy atom. The predicted molar refractivity (Wildman–Crippen MR) is 124 cm³/mol. The fourth-order valence-corrected chi connectivity index (χ4v) is 2.82. The third-order valence-corrected chi connectivity index (χ3v) is 4.42. The third-order valence-electron chi connectivity index (χ3n) is 4.22. The first-order valence-electron chi connectivity index (χ1n) is 9.89. The number of hydrogen-bond donors (Lipinski definition) is 2. The third kappa shape index (κ3) is 7.83. The van der Waals surface area contributed by atoms with E-state index in [1.165, 1.54) is 0 Å². The standard InChI is InChI=1S/C23H29N3O3S/c1-16(2)15-29-20-10-6-8-18(14-20)22(28)25-23(30)24-19-9-5-7-17(13-19)11-12-21(27)26(3)4/h5-10,13-14,16H,11-12,15H2,1-4H3,(H2,24,25,28,30). The van der Waals surface area contributed by atoms with Crippen molar-refractivity contribution in [2.45, 2.75) is 26.7 Å². The Kier molecular flexibility index (Phi) is 8.80. The minimum atomic E-state index is -0.310. The largest absolute Gasteiger partial charge is 0.493 e. The van der Waals surface area contributed by atoms with Crippen LogP contribution in [0.3, 0.4) is 0 Å². The van der Waals surface area contributed by atoms with Crippen molar-refractivity contribution in [1.29, 1.82) is 0 Å². The molecule has 6 nitrogen and oxygen atoms in total. The first-order chi connectivity index (χ1) is 14.2. The molecule has 0 aliphatic carbocycles. The Morgan fingerprint density at radius 2 is 1.83 bits per heavy atom. The Hall–Kier alpha value is -2.93. The van der Waals surface area contributed by atoms with Gasteiger partial charge in [-0.1, -0.05) is 32.0 Å². The van der Waals surface area contributed by atoms with Gasteiger partial charge in [0.25, 0.3) is 5.91 Å². The lowest BCUT2D eigenvalue weighted by atomic mass is 10.1. The van der Waals surface area contributed by atoms with E-state index in [4.69, 9.17) is 17.0 Å². The van der Waals surface area contributed by atoms with Gasteiger partial charge in [-0.3, -0.25) is 14.9 Å². The molecule has 2 aromatic carbocycles. The van der Waals surface area contributed by atoms with Crippen LogP contribution in [0.1, 0.15) is 36.2 Å². The second-order valence-corrected chi connectivity index (χ2v) is 8.04. The maximum atomic E-state index is 12.5. The molecule has 160 valence electrons. The number of hydrogen-bond acceptors (Lipinski definition) is 4. The van der Waals surface area contributed by atoms with Crippen LogP contribution in [0.4, 0.5) is 5.69 Å². The van der Waals surface area contributed by atoms with Gasteiger partial charge in [0.15, 0.2) is 5.11 Å². The van der Waals surface area contributed by atoms with Gasteiger partial charge in [0.2, 0.25) is 5.91 Å². The Bertz CT molecular complexity index is 897. The van der Waals surface area contributed by atoms with Crippen LogP contribution in [-0.4, -0.2) is 42.5 Å². The summed E-state index contributed by atoms with van der Waals surface area (Å²) in [6, 6.07) is 14.6. The maximum Gasteiger partial charge on any atom is 0.257 e. The SMILES string of the molecule is CC(C)COc1cccc(C(=O)NC(=S)Nc2cccc(CCC(=O)N(C)C)c2)c1. The summed E-state index contributed by atoms with van der Waals surface area (Å²) in [6.45, 7) is 4.72. The lowest BCUT2D eigenvalue weighted by molar-refractivity contribution is -0.128. The molecule has 2 N–H and O–H groups in total. The summed E-state index contributed by atoms with van der Waals surface area (Å²) in [6.07, 6.45) is 1.07. The molecule has 0 saturated carbocycles. The molecule has 0 bridgehead atoms. The fourth-order valence-electron chi connectivity index (χ4n) is 2.61. The topological polar surface area (TPSA) is 70.7 Å². The summed E-state index contributed by atoms with van der Waals surface area (Å²) in [5.74, 6) is 0.817. The van der Waals surface area contributed by atoms with Crippen LogP contribution in [0.5, 0.6) is 5.75 Å². The first-order valence-corrected chi connectivity index (χ1v) is 10.3. The van der Waals surface area contributed by atoms with Gasteiger partial charge in [0.1, 0.15) is 5.75 Å². The summed E-state index contributed by atoms with van der Waals surface area (Å²) in [5.41, 5.74) is 2.24.